The van der Waals surface area contributed by atoms with Crippen LogP contribution in [0.4, 0.5) is 0 Å². The van der Waals surface area contributed by atoms with Crippen molar-refractivity contribution in [2.45, 2.75) is 13.8 Å². The van der Waals surface area contributed by atoms with Crippen molar-refractivity contribution in [3.8, 4) is 11.5 Å². The average Bonchev–Trinajstić information content (AvgIpc) is 2.98. The lowest BCUT2D eigenvalue weighted by Gasteiger charge is -2.10. The first-order valence-corrected chi connectivity index (χ1v) is 8.66. The number of hydrogen-bond acceptors (Lipinski definition) is 5. The first kappa shape index (κ1) is 18.0. The van der Waals surface area contributed by atoms with E-state index < -0.39 is 5.97 Å². The fourth-order valence-corrected chi connectivity index (χ4v) is 2.66. The second-order valence-electron chi connectivity index (χ2n) is 5.41. The zero-order valence-electron chi connectivity index (χ0n) is 14.5. The van der Waals surface area contributed by atoms with E-state index in [1.54, 1.807) is 36.4 Å². The first-order chi connectivity index (χ1) is 12.6. The van der Waals surface area contributed by atoms with E-state index in [4.69, 9.17) is 25.8 Å². The first-order valence-electron chi connectivity index (χ1n) is 8.29. The molecule has 0 aromatic heterocycles. The Bertz CT molecular complexity index is 889. The van der Waals surface area contributed by atoms with Gasteiger partial charge in [0, 0.05) is 22.2 Å². The van der Waals surface area contributed by atoms with Crippen molar-refractivity contribution in [2.24, 2.45) is 4.99 Å². The lowest BCUT2D eigenvalue weighted by molar-refractivity contribution is -0.129. The molecule has 3 rings (SSSR count). The van der Waals surface area contributed by atoms with Crippen molar-refractivity contribution in [3.63, 3.8) is 0 Å². The molecule has 0 radical (unpaired) electrons. The fourth-order valence-electron chi connectivity index (χ4n) is 2.47. The molecule has 5 nitrogen and oxygen atoms in total. The molecule has 0 bridgehead atoms. The van der Waals surface area contributed by atoms with Gasteiger partial charge in [-0.3, -0.25) is 0 Å². The standard InChI is InChI=1S/C20H18ClNO4/c1-3-24-16-9-8-13(18(12-16)25-4-2)11-17-20(23)26-19(22-17)14-6-5-7-15(21)10-14/h5-12H,3-4H2,1-2H3/b17-11+. The van der Waals surface area contributed by atoms with Gasteiger partial charge in [-0.2, -0.15) is 0 Å². The molecule has 0 unspecified atom stereocenters. The Morgan fingerprint density at radius 2 is 1.92 bits per heavy atom. The Morgan fingerprint density at radius 3 is 2.65 bits per heavy atom. The molecule has 0 amide bonds. The van der Waals surface area contributed by atoms with Gasteiger partial charge in [-0.1, -0.05) is 17.7 Å². The molecule has 0 atom stereocenters. The smallest absolute Gasteiger partial charge is 0.363 e. The number of hydrogen-bond donors (Lipinski definition) is 0. The van der Waals surface area contributed by atoms with Crippen LogP contribution in [0.25, 0.3) is 6.08 Å². The van der Waals surface area contributed by atoms with E-state index in [0.717, 1.165) is 5.56 Å². The van der Waals surface area contributed by atoms with Gasteiger partial charge in [0.25, 0.3) is 0 Å². The minimum absolute atomic E-state index is 0.199. The number of esters is 1. The highest BCUT2D eigenvalue weighted by atomic mass is 35.5. The van der Waals surface area contributed by atoms with Crippen molar-refractivity contribution < 1.29 is 19.0 Å². The van der Waals surface area contributed by atoms with Gasteiger partial charge in [-0.05, 0) is 50.3 Å². The molecule has 1 aliphatic rings. The van der Waals surface area contributed by atoms with Gasteiger partial charge in [0.2, 0.25) is 5.90 Å². The molecule has 0 saturated heterocycles. The van der Waals surface area contributed by atoms with Gasteiger partial charge in [0.1, 0.15) is 11.5 Å². The summed E-state index contributed by atoms with van der Waals surface area (Å²) in [6.45, 7) is 4.86. The van der Waals surface area contributed by atoms with E-state index >= 15 is 0 Å². The largest absolute Gasteiger partial charge is 0.494 e. The molecule has 6 heteroatoms. The number of carbonyl (C=O) groups is 1. The quantitative estimate of drug-likeness (QED) is 0.555. The summed E-state index contributed by atoms with van der Waals surface area (Å²) in [4.78, 5) is 16.5. The van der Waals surface area contributed by atoms with E-state index in [2.05, 4.69) is 4.99 Å². The molecule has 1 heterocycles. The number of nitrogens with zero attached hydrogens (tertiary/aromatic N) is 1. The molecule has 2 aromatic rings. The van der Waals surface area contributed by atoms with Crippen LogP contribution in [0.5, 0.6) is 11.5 Å². The molecule has 1 aliphatic heterocycles. The van der Waals surface area contributed by atoms with Crippen LogP contribution in [0.15, 0.2) is 53.2 Å². The van der Waals surface area contributed by atoms with Crippen molar-refractivity contribution in [2.75, 3.05) is 13.2 Å². The lowest BCUT2D eigenvalue weighted by Crippen LogP contribution is -2.05. The third-order valence-electron chi connectivity index (χ3n) is 3.58. The lowest BCUT2D eigenvalue weighted by atomic mass is 10.1. The van der Waals surface area contributed by atoms with Crippen LogP contribution in [-0.2, 0) is 9.53 Å². The fraction of sp³-hybridized carbons (Fsp3) is 0.200. The van der Waals surface area contributed by atoms with Crippen LogP contribution < -0.4 is 9.47 Å². The summed E-state index contributed by atoms with van der Waals surface area (Å²) in [5.74, 6) is 1.03. The van der Waals surface area contributed by atoms with Crippen molar-refractivity contribution in [1.29, 1.82) is 0 Å². The maximum absolute atomic E-state index is 12.2. The molecule has 0 spiro atoms. The Balaban J connectivity index is 1.95. The summed E-state index contributed by atoms with van der Waals surface area (Å²) >= 11 is 5.98. The van der Waals surface area contributed by atoms with Gasteiger partial charge in [-0.25, -0.2) is 9.79 Å². The summed E-state index contributed by atoms with van der Waals surface area (Å²) in [5.41, 5.74) is 1.56. The molecule has 134 valence electrons. The molecule has 0 aliphatic carbocycles. The van der Waals surface area contributed by atoms with Crippen LogP contribution in [-0.4, -0.2) is 25.1 Å². The number of ether oxygens (including phenoxy) is 3. The molecular weight excluding hydrogens is 354 g/mol. The minimum atomic E-state index is -0.517. The highest BCUT2D eigenvalue weighted by Gasteiger charge is 2.24. The van der Waals surface area contributed by atoms with Gasteiger partial charge in [0.15, 0.2) is 5.70 Å². The SMILES string of the molecule is CCOc1ccc(/C=C2/N=C(c3cccc(Cl)c3)OC2=O)c(OCC)c1. The van der Waals surface area contributed by atoms with E-state index in [1.807, 2.05) is 26.0 Å². The highest BCUT2D eigenvalue weighted by molar-refractivity contribution is 6.31. The van der Waals surface area contributed by atoms with Crippen molar-refractivity contribution in [1.82, 2.24) is 0 Å². The third kappa shape index (κ3) is 4.06. The second kappa shape index (κ2) is 8.06. The van der Waals surface area contributed by atoms with Gasteiger partial charge < -0.3 is 14.2 Å². The maximum atomic E-state index is 12.2. The van der Waals surface area contributed by atoms with Crippen LogP contribution in [0.1, 0.15) is 25.0 Å². The van der Waals surface area contributed by atoms with Gasteiger partial charge in [0.05, 0.1) is 13.2 Å². The summed E-state index contributed by atoms with van der Waals surface area (Å²) in [6.07, 6.45) is 1.64. The maximum Gasteiger partial charge on any atom is 0.363 e. The number of aliphatic imine (C=N–C) groups is 1. The zero-order chi connectivity index (χ0) is 18.5. The van der Waals surface area contributed by atoms with Crippen molar-refractivity contribution >= 4 is 29.5 Å². The number of carbonyl (C=O) groups excluding carboxylic acids is 1. The normalized spacial score (nSPS) is 15.0. The van der Waals surface area contributed by atoms with Crippen LogP contribution in [0.3, 0.4) is 0 Å². The summed E-state index contributed by atoms with van der Waals surface area (Å²) in [6, 6.07) is 12.4. The number of rotatable bonds is 6. The van der Waals surface area contributed by atoms with E-state index in [9.17, 15) is 4.79 Å². The molecule has 0 saturated carbocycles. The Hall–Kier alpha value is -2.79. The summed E-state index contributed by atoms with van der Waals surface area (Å²) in [5, 5.41) is 0.545. The van der Waals surface area contributed by atoms with E-state index in [0.29, 0.717) is 35.3 Å². The minimum Gasteiger partial charge on any atom is -0.494 e. The van der Waals surface area contributed by atoms with Crippen LogP contribution >= 0.6 is 11.6 Å². The van der Waals surface area contributed by atoms with Gasteiger partial charge in [-0.15, -0.1) is 0 Å². The number of benzene rings is 2. The second-order valence-corrected chi connectivity index (χ2v) is 5.85. The third-order valence-corrected chi connectivity index (χ3v) is 3.82. The monoisotopic (exact) mass is 371 g/mol. The van der Waals surface area contributed by atoms with Crippen LogP contribution in [0, 0.1) is 0 Å². The predicted molar refractivity (Wildman–Crippen MR) is 101 cm³/mol. The molecule has 26 heavy (non-hydrogen) atoms. The van der Waals surface area contributed by atoms with E-state index in [-0.39, 0.29) is 11.6 Å². The van der Waals surface area contributed by atoms with Crippen LogP contribution in [0.2, 0.25) is 5.02 Å². The molecular formula is C20H18ClNO4. The average molecular weight is 372 g/mol. The van der Waals surface area contributed by atoms with Crippen molar-refractivity contribution in [3.05, 3.63) is 64.3 Å². The zero-order valence-corrected chi connectivity index (χ0v) is 15.2. The number of cyclic esters (lactones) is 1. The Labute approximate surface area is 156 Å². The van der Waals surface area contributed by atoms with E-state index in [1.165, 1.54) is 0 Å². The topological polar surface area (TPSA) is 57.1 Å². The Kier molecular flexibility index (Phi) is 5.58. The summed E-state index contributed by atoms with van der Waals surface area (Å²) < 4.78 is 16.4. The highest BCUT2D eigenvalue weighted by Crippen LogP contribution is 2.29. The Morgan fingerprint density at radius 1 is 1.12 bits per heavy atom. The number of halogens is 1. The summed E-state index contributed by atoms with van der Waals surface area (Å²) in [7, 11) is 0. The predicted octanol–water partition coefficient (Wildman–Crippen LogP) is 4.48. The molecule has 0 N–H and O–H groups in total. The molecule has 0 fully saturated rings. The molecule has 2 aromatic carbocycles. The van der Waals surface area contributed by atoms with Gasteiger partial charge >= 0.3 is 5.97 Å².